The predicted octanol–water partition coefficient (Wildman–Crippen LogP) is 4.74. The molecular weight excluding hydrogens is 546 g/mol. The van der Waals surface area contributed by atoms with E-state index in [0.29, 0.717) is 36.6 Å². The summed E-state index contributed by atoms with van der Waals surface area (Å²) in [6.07, 6.45) is -0.687. The van der Waals surface area contributed by atoms with Crippen molar-refractivity contribution in [3.05, 3.63) is 58.9 Å². The van der Waals surface area contributed by atoms with Crippen molar-refractivity contribution in [1.82, 2.24) is 9.80 Å². The average Bonchev–Trinajstić information content (AvgIpc) is 3.71. The molecule has 0 radical (unpaired) electrons. The number of hydrogen-bond acceptors (Lipinski definition) is 6. The number of alkyl halides is 3. The number of carbonyl (C=O) groups excluding carboxylic acids is 1. The minimum absolute atomic E-state index is 0.0335. The summed E-state index contributed by atoms with van der Waals surface area (Å²) in [5.74, 6) is -1.90. The van der Waals surface area contributed by atoms with Crippen molar-refractivity contribution >= 4 is 17.6 Å². The van der Waals surface area contributed by atoms with Gasteiger partial charge in [-0.1, -0.05) is 0 Å². The zero-order chi connectivity index (χ0) is 28.9. The first kappa shape index (κ1) is 27.8. The lowest BCUT2D eigenvalue weighted by atomic mass is 9.85. The molecule has 220 valence electrons. The van der Waals surface area contributed by atoms with E-state index in [1.54, 1.807) is 0 Å². The summed E-state index contributed by atoms with van der Waals surface area (Å²) in [5, 5.41) is 12.5. The summed E-state index contributed by atoms with van der Waals surface area (Å²) in [7, 11) is 0. The Balaban J connectivity index is 1.08. The molecule has 2 saturated heterocycles. The second-order valence-electron chi connectivity index (χ2n) is 11.4. The number of fused-ring (bicyclic) bond motifs is 1. The molecule has 1 unspecified atom stereocenters. The van der Waals surface area contributed by atoms with Crippen LogP contribution in [0, 0.1) is 11.7 Å². The second kappa shape index (κ2) is 10.5. The van der Waals surface area contributed by atoms with Crippen LogP contribution in [0.25, 0.3) is 0 Å². The topological polar surface area (TPSA) is 91.3 Å². The fourth-order valence-corrected chi connectivity index (χ4v) is 6.35. The number of carboxylic acids is 1. The van der Waals surface area contributed by atoms with Crippen LogP contribution in [-0.4, -0.2) is 70.9 Å². The van der Waals surface area contributed by atoms with Crippen molar-refractivity contribution in [3.63, 3.8) is 0 Å². The Morgan fingerprint density at radius 3 is 2.56 bits per heavy atom. The fraction of sp³-hybridized carbons (Fsp3) is 0.517. The van der Waals surface area contributed by atoms with Gasteiger partial charge in [-0.05, 0) is 74.4 Å². The molecule has 3 aliphatic heterocycles. The number of carbonyl (C=O) groups is 2. The van der Waals surface area contributed by atoms with Gasteiger partial charge < -0.3 is 24.8 Å². The van der Waals surface area contributed by atoms with Gasteiger partial charge in [-0.2, -0.15) is 13.2 Å². The van der Waals surface area contributed by atoms with Crippen LogP contribution in [0.1, 0.15) is 53.6 Å². The molecule has 2 N–H and O–H groups in total. The van der Waals surface area contributed by atoms with Crippen LogP contribution >= 0.6 is 0 Å². The number of rotatable bonds is 6. The predicted molar refractivity (Wildman–Crippen MR) is 139 cm³/mol. The quantitative estimate of drug-likeness (QED) is 0.480. The number of hydrogen-bond donors (Lipinski definition) is 2. The molecule has 3 atom stereocenters. The van der Waals surface area contributed by atoms with E-state index in [4.69, 9.17) is 9.47 Å². The normalized spacial score (nSPS) is 26.8. The molecular formula is C29H31F4N3O5. The number of benzene rings is 2. The van der Waals surface area contributed by atoms with Gasteiger partial charge in [0, 0.05) is 36.4 Å². The lowest BCUT2D eigenvalue weighted by molar-refractivity contribution is -0.179. The van der Waals surface area contributed by atoms with Crippen LogP contribution in [0.5, 0.6) is 5.75 Å². The fourth-order valence-electron chi connectivity index (χ4n) is 6.35. The molecule has 1 amide bonds. The van der Waals surface area contributed by atoms with Gasteiger partial charge in [0.2, 0.25) is 0 Å². The number of carboxylic acid groups (broad SMARTS) is 1. The third-order valence-electron chi connectivity index (χ3n) is 8.70. The number of amides is 1. The molecule has 6 rings (SSSR count). The maximum absolute atomic E-state index is 13.8. The molecule has 0 aromatic heterocycles. The number of nitrogens with zero attached hydrogens (tertiary/aromatic N) is 2. The molecule has 1 saturated carbocycles. The van der Waals surface area contributed by atoms with E-state index in [9.17, 15) is 32.3 Å². The zero-order valence-electron chi connectivity index (χ0n) is 22.3. The van der Waals surface area contributed by atoms with Gasteiger partial charge in [-0.3, -0.25) is 9.69 Å². The Kier molecular flexibility index (Phi) is 7.09. The first-order valence-corrected chi connectivity index (χ1v) is 13.8. The summed E-state index contributed by atoms with van der Waals surface area (Å²) in [4.78, 5) is 28.9. The van der Waals surface area contributed by atoms with E-state index in [1.165, 1.54) is 23.1 Å². The van der Waals surface area contributed by atoms with Crippen molar-refractivity contribution in [1.29, 1.82) is 0 Å². The molecule has 3 fully saturated rings. The summed E-state index contributed by atoms with van der Waals surface area (Å²) in [6.45, 7) is 1.84. The van der Waals surface area contributed by atoms with Crippen molar-refractivity contribution < 1.29 is 41.7 Å². The zero-order valence-corrected chi connectivity index (χ0v) is 22.3. The highest BCUT2D eigenvalue weighted by atomic mass is 19.4. The molecule has 0 spiro atoms. The molecule has 3 heterocycles. The van der Waals surface area contributed by atoms with E-state index in [0.717, 1.165) is 50.4 Å². The average molecular weight is 578 g/mol. The molecule has 0 bridgehead atoms. The number of likely N-dealkylation sites (tertiary alicyclic amines) is 1. The van der Waals surface area contributed by atoms with Crippen molar-refractivity contribution in [3.8, 4) is 5.75 Å². The maximum atomic E-state index is 13.8. The summed E-state index contributed by atoms with van der Waals surface area (Å²) < 4.78 is 65.6. The number of nitrogens with one attached hydrogen (secondary N) is 1. The van der Waals surface area contributed by atoms with E-state index in [2.05, 4.69) is 10.2 Å². The Morgan fingerprint density at radius 1 is 1.07 bits per heavy atom. The van der Waals surface area contributed by atoms with Gasteiger partial charge in [0.15, 0.2) is 6.73 Å². The lowest BCUT2D eigenvalue weighted by Gasteiger charge is -2.44. The molecule has 41 heavy (non-hydrogen) atoms. The third-order valence-corrected chi connectivity index (χ3v) is 8.70. The molecule has 4 aliphatic rings. The van der Waals surface area contributed by atoms with E-state index in [-0.39, 0.29) is 42.7 Å². The lowest BCUT2D eigenvalue weighted by Crippen LogP contribution is -2.58. The number of ether oxygens (including phenoxy) is 2. The van der Waals surface area contributed by atoms with E-state index >= 15 is 0 Å². The van der Waals surface area contributed by atoms with Gasteiger partial charge in [0.1, 0.15) is 17.2 Å². The van der Waals surface area contributed by atoms with Gasteiger partial charge >= 0.3 is 12.1 Å². The van der Waals surface area contributed by atoms with Crippen LogP contribution in [0.4, 0.5) is 23.2 Å². The minimum atomic E-state index is -4.48. The van der Waals surface area contributed by atoms with Crippen LogP contribution in [0.2, 0.25) is 0 Å². The Bertz CT molecular complexity index is 1340. The van der Waals surface area contributed by atoms with E-state index < -0.39 is 29.1 Å². The SMILES string of the molecule is O=C(O)c1cc(N[C@@H]2CCN(C3CC[C@@](C(=O)N4COc5ccc(C(F)(F)F)cc5C4)(C4CC4)OC3)C2)ccc1F. The maximum Gasteiger partial charge on any atom is 0.416 e. The number of halogens is 4. The highest BCUT2D eigenvalue weighted by Crippen LogP contribution is 2.48. The van der Waals surface area contributed by atoms with Gasteiger partial charge in [-0.25, -0.2) is 9.18 Å². The summed E-state index contributed by atoms with van der Waals surface area (Å²) >= 11 is 0. The molecule has 2 aromatic rings. The highest BCUT2D eigenvalue weighted by molar-refractivity contribution is 5.89. The largest absolute Gasteiger partial charge is 0.478 e. The van der Waals surface area contributed by atoms with E-state index in [1.807, 2.05) is 0 Å². The smallest absolute Gasteiger partial charge is 0.416 e. The number of anilines is 1. The Hall–Kier alpha value is -3.38. The van der Waals surface area contributed by atoms with Crippen molar-refractivity contribution in [2.45, 2.75) is 62.5 Å². The van der Waals surface area contributed by atoms with Crippen LogP contribution in [0.3, 0.4) is 0 Å². The molecule has 12 heteroatoms. The van der Waals surface area contributed by atoms with Crippen LogP contribution < -0.4 is 10.1 Å². The first-order chi connectivity index (χ1) is 19.5. The Labute approximate surface area is 234 Å². The standard InChI is InChI=1S/C29H31F4N3O5/c30-24-5-4-20(12-23(24)26(37)38)34-21-8-10-35(14-21)22-7-9-28(41-15-22,18-1-2-18)27(39)36-13-17-11-19(29(31,32)33)3-6-25(17)40-16-36/h3-6,11-12,18,21-22,34H,1-2,7-10,13-16H2,(H,37,38)/t21-,22?,28+/m1/s1. The van der Waals surface area contributed by atoms with Crippen LogP contribution in [-0.2, 0) is 22.3 Å². The molecule has 1 aliphatic carbocycles. The third kappa shape index (κ3) is 5.46. The monoisotopic (exact) mass is 577 g/mol. The molecule has 8 nitrogen and oxygen atoms in total. The number of aromatic carboxylic acids is 1. The first-order valence-electron chi connectivity index (χ1n) is 13.8. The highest BCUT2D eigenvalue weighted by Gasteiger charge is 2.56. The van der Waals surface area contributed by atoms with Crippen molar-refractivity contribution in [2.75, 3.05) is 31.7 Å². The second-order valence-corrected chi connectivity index (χ2v) is 11.4. The van der Waals surface area contributed by atoms with Crippen molar-refractivity contribution in [2.24, 2.45) is 5.92 Å². The summed E-state index contributed by atoms with van der Waals surface area (Å²) in [5.41, 5.74) is -1.29. The van der Waals surface area contributed by atoms with Gasteiger partial charge in [0.25, 0.3) is 5.91 Å². The van der Waals surface area contributed by atoms with Gasteiger partial charge in [0.05, 0.1) is 24.3 Å². The van der Waals surface area contributed by atoms with Crippen LogP contribution in [0.15, 0.2) is 36.4 Å². The molecule has 2 aromatic carbocycles. The minimum Gasteiger partial charge on any atom is -0.478 e. The summed E-state index contributed by atoms with van der Waals surface area (Å²) in [6, 6.07) is 7.44. The van der Waals surface area contributed by atoms with Gasteiger partial charge in [-0.15, -0.1) is 0 Å². The Morgan fingerprint density at radius 2 is 1.88 bits per heavy atom.